The van der Waals surface area contributed by atoms with Crippen molar-refractivity contribution in [2.75, 3.05) is 26.7 Å². The minimum Gasteiger partial charge on any atom is -0.354 e. The van der Waals surface area contributed by atoms with E-state index in [-0.39, 0.29) is 0 Å². The maximum absolute atomic E-state index is 4.34. The second kappa shape index (κ2) is 9.18. The molecule has 2 N–H and O–H groups in total. The molecule has 3 rings (SSSR count). The monoisotopic (exact) mass is 337 g/mol. The number of aliphatic imine (C=N–C) groups is 1. The standard InChI is InChI=1S/C20H27N5/c1-21-20(23-15-18-11-5-6-12-22-18)24-16-19(25-13-7-8-14-25)17-9-3-2-4-10-17/h2-6,9-12,19H,7-8,13-16H2,1H3,(H2,21,23,24). The minimum atomic E-state index is 0.372. The molecule has 5 heteroatoms. The molecule has 0 aliphatic carbocycles. The van der Waals surface area contributed by atoms with Crippen molar-refractivity contribution in [3.63, 3.8) is 0 Å². The molecule has 1 aromatic carbocycles. The summed E-state index contributed by atoms with van der Waals surface area (Å²) in [6, 6.07) is 17.1. The highest BCUT2D eigenvalue weighted by Crippen LogP contribution is 2.24. The summed E-state index contributed by atoms with van der Waals surface area (Å²) in [7, 11) is 1.81. The van der Waals surface area contributed by atoms with Gasteiger partial charge in [-0.1, -0.05) is 36.4 Å². The summed E-state index contributed by atoms with van der Waals surface area (Å²) in [4.78, 5) is 11.2. The van der Waals surface area contributed by atoms with Crippen molar-refractivity contribution in [3.05, 3.63) is 66.0 Å². The van der Waals surface area contributed by atoms with Crippen LogP contribution in [0.1, 0.15) is 30.1 Å². The van der Waals surface area contributed by atoms with E-state index < -0.39 is 0 Å². The molecule has 0 saturated carbocycles. The Morgan fingerprint density at radius 2 is 1.84 bits per heavy atom. The first-order valence-corrected chi connectivity index (χ1v) is 9.00. The van der Waals surface area contributed by atoms with Crippen molar-refractivity contribution < 1.29 is 0 Å². The summed E-state index contributed by atoms with van der Waals surface area (Å²) in [5, 5.41) is 6.83. The number of likely N-dealkylation sites (tertiary alicyclic amines) is 1. The Bertz CT molecular complexity index is 650. The van der Waals surface area contributed by atoms with Crippen molar-refractivity contribution in [2.45, 2.75) is 25.4 Å². The van der Waals surface area contributed by atoms with Crippen LogP contribution in [0.5, 0.6) is 0 Å². The number of hydrogen-bond donors (Lipinski definition) is 2. The molecule has 1 aliphatic rings. The van der Waals surface area contributed by atoms with Gasteiger partial charge in [-0.05, 0) is 43.6 Å². The molecular formula is C20H27N5. The average molecular weight is 337 g/mol. The summed E-state index contributed by atoms with van der Waals surface area (Å²) < 4.78 is 0. The maximum Gasteiger partial charge on any atom is 0.191 e. The molecule has 1 fully saturated rings. The van der Waals surface area contributed by atoms with Crippen molar-refractivity contribution >= 4 is 5.96 Å². The van der Waals surface area contributed by atoms with E-state index in [1.54, 1.807) is 7.05 Å². The normalized spacial score (nSPS) is 16.6. The van der Waals surface area contributed by atoms with Gasteiger partial charge in [0.1, 0.15) is 0 Å². The van der Waals surface area contributed by atoms with Crippen LogP contribution >= 0.6 is 0 Å². The van der Waals surface area contributed by atoms with Gasteiger partial charge in [-0.25, -0.2) is 0 Å². The predicted molar refractivity (Wildman–Crippen MR) is 102 cm³/mol. The number of benzene rings is 1. The SMILES string of the molecule is CN=C(NCc1ccccn1)NCC(c1ccccc1)N1CCCC1. The number of rotatable bonds is 6. The number of nitrogens with one attached hydrogen (secondary N) is 2. The zero-order valence-electron chi connectivity index (χ0n) is 14.9. The smallest absolute Gasteiger partial charge is 0.191 e. The molecule has 5 nitrogen and oxygen atoms in total. The minimum absolute atomic E-state index is 0.372. The van der Waals surface area contributed by atoms with Gasteiger partial charge in [0.2, 0.25) is 0 Å². The lowest BCUT2D eigenvalue weighted by Gasteiger charge is -2.29. The van der Waals surface area contributed by atoms with E-state index in [2.05, 4.69) is 55.8 Å². The predicted octanol–water partition coefficient (Wildman–Crippen LogP) is 2.58. The Labute approximate surface area is 150 Å². The average Bonchev–Trinajstić information content (AvgIpc) is 3.20. The highest BCUT2D eigenvalue weighted by atomic mass is 15.2. The lowest BCUT2D eigenvalue weighted by atomic mass is 10.1. The zero-order valence-corrected chi connectivity index (χ0v) is 14.9. The van der Waals surface area contributed by atoms with E-state index in [1.165, 1.54) is 31.5 Å². The molecular weight excluding hydrogens is 310 g/mol. The van der Waals surface area contributed by atoms with Gasteiger partial charge in [-0.2, -0.15) is 0 Å². The Hall–Kier alpha value is -2.40. The van der Waals surface area contributed by atoms with Crippen molar-refractivity contribution in [1.82, 2.24) is 20.5 Å². The fourth-order valence-electron chi connectivity index (χ4n) is 3.28. The van der Waals surface area contributed by atoms with E-state index in [1.807, 2.05) is 24.4 Å². The van der Waals surface area contributed by atoms with E-state index in [0.717, 1.165) is 18.2 Å². The van der Waals surface area contributed by atoms with Crippen LogP contribution in [0, 0.1) is 0 Å². The molecule has 132 valence electrons. The Morgan fingerprint density at radius 3 is 2.52 bits per heavy atom. The third kappa shape index (κ3) is 5.03. The van der Waals surface area contributed by atoms with Crippen molar-refractivity contribution in [2.24, 2.45) is 4.99 Å². The fraction of sp³-hybridized carbons (Fsp3) is 0.400. The highest BCUT2D eigenvalue weighted by molar-refractivity contribution is 5.79. The Morgan fingerprint density at radius 1 is 1.08 bits per heavy atom. The van der Waals surface area contributed by atoms with Crippen LogP contribution in [0.2, 0.25) is 0 Å². The summed E-state index contributed by atoms with van der Waals surface area (Å²) in [5.41, 5.74) is 2.36. The third-order valence-electron chi connectivity index (χ3n) is 4.62. The van der Waals surface area contributed by atoms with E-state index in [4.69, 9.17) is 0 Å². The van der Waals surface area contributed by atoms with Gasteiger partial charge in [0.25, 0.3) is 0 Å². The van der Waals surface area contributed by atoms with Crippen LogP contribution in [0.3, 0.4) is 0 Å². The van der Waals surface area contributed by atoms with Gasteiger partial charge in [0, 0.05) is 19.8 Å². The number of hydrogen-bond acceptors (Lipinski definition) is 3. The number of guanidine groups is 1. The second-order valence-electron chi connectivity index (χ2n) is 6.30. The van der Waals surface area contributed by atoms with Crippen LogP contribution in [-0.4, -0.2) is 42.5 Å². The lowest BCUT2D eigenvalue weighted by Crippen LogP contribution is -2.42. The fourth-order valence-corrected chi connectivity index (χ4v) is 3.28. The summed E-state index contributed by atoms with van der Waals surface area (Å²) in [6.45, 7) is 3.84. The number of aromatic nitrogens is 1. The van der Waals surface area contributed by atoms with E-state index in [9.17, 15) is 0 Å². The van der Waals surface area contributed by atoms with E-state index >= 15 is 0 Å². The molecule has 1 atom stereocenters. The van der Waals surface area contributed by atoms with Gasteiger partial charge in [-0.3, -0.25) is 14.9 Å². The highest BCUT2D eigenvalue weighted by Gasteiger charge is 2.23. The number of nitrogens with zero attached hydrogens (tertiary/aromatic N) is 3. The molecule has 2 heterocycles. The van der Waals surface area contributed by atoms with Gasteiger partial charge in [0.15, 0.2) is 5.96 Å². The summed E-state index contributed by atoms with van der Waals surface area (Å²) >= 11 is 0. The molecule has 0 amide bonds. The molecule has 25 heavy (non-hydrogen) atoms. The molecule has 1 aliphatic heterocycles. The quantitative estimate of drug-likeness (QED) is 0.628. The van der Waals surface area contributed by atoms with Gasteiger partial charge in [0.05, 0.1) is 18.3 Å². The third-order valence-corrected chi connectivity index (χ3v) is 4.62. The van der Waals surface area contributed by atoms with Crippen molar-refractivity contribution in [3.8, 4) is 0 Å². The van der Waals surface area contributed by atoms with Crippen LogP contribution in [0.4, 0.5) is 0 Å². The molecule has 1 aromatic heterocycles. The summed E-state index contributed by atoms with van der Waals surface area (Å²) in [6.07, 6.45) is 4.39. The first-order chi connectivity index (χ1) is 12.4. The molecule has 0 radical (unpaired) electrons. The maximum atomic E-state index is 4.34. The largest absolute Gasteiger partial charge is 0.354 e. The van der Waals surface area contributed by atoms with Crippen molar-refractivity contribution in [1.29, 1.82) is 0 Å². The Kier molecular flexibility index (Phi) is 6.40. The second-order valence-corrected chi connectivity index (χ2v) is 6.30. The first-order valence-electron chi connectivity index (χ1n) is 9.00. The molecule has 2 aromatic rings. The molecule has 1 saturated heterocycles. The van der Waals surface area contributed by atoms with Crippen LogP contribution in [-0.2, 0) is 6.54 Å². The lowest BCUT2D eigenvalue weighted by molar-refractivity contribution is 0.245. The molecule has 1 unspecified atom stereocenters. The van der Waals surface area contributed by atoms with Gasteiger partial charge in [-0.15, -0.1) is 0 Å². The first kappa shape index (κ1) is 17.4. The number of pyridine rings is 1. The summed E-state index contributed by atoms with van der Waals surface area (Å²) in [5.74, 6) is 0.811. The van der Waals surface area contributed by atoms with Gasteiger partial charge >= 0.3 is 0 Å². The van der Waals surface area contributed by atoms with Gasteiger partial charge < -0.3 is 10.6 Å². The topological polar surface area (TPSA) is 52.6 Å². The Balaban J connectivity index is 1.59. The van der Waals surface area contributed by atoms with Crippen LogP contribution < -0.4 is 10.6 Å². The molecule has 0 spiro atoms. The zero-order chi connectivity index (χ0) is 17.3. The molecule has 0 bridgehead atoms. The van der Waals surface area contributed by atoms with Crippen LogP contribution in [0.25, 0.3) is 0 Å². The van der Waals surface area contributed by atoms with E-state index in [0.29, 0.717) is 12.6 Å². The van der Waals surface area contributed by atoms with Crippen LogP contribution in [0.15, 0.2) is 59.7 Å².